The van der Waals surface area contributed by atoms with Crippen LogP contribution in [0.15, 0.2) is 30.3 Å². The van der Waals surface area contributed by atoms with Gasteiger partial charge in [-0.3, -0.25) is 4.90 Å². The fourth-order valence-corrected chi connectivity index (χ4v) is 4.43. The molecule has 2 aliphatic rings. The minimum Gasteiger partial charge on any atom is -0.393 e. The van der Waals surface area contributed by atoms with E-state index in [0.29, 0.717) is 5.92 Å². The van der Waals surface area contributed by atoms with Gasteiger partial charge in [0.05, 0.1) is 6.10 Å². The van der Waals surface area contributed by atoms with E-state index in [1.165, 1.54) is 5.56 Å². The third-order valence-corrected chi connectivity index (χ3v) is 6.04. The van der Waals surface area contributed by atoms with E-state index >= 15 is 0 Å². The number of amides is 2. The Bertz CT molecular complexity index is 572. The molecule has 144 valence electrons. The van der Waals surface area contributed by atoms with Crippen molar-refractivity contribution in [3.63, 3.8) is 0 Å². The second-order valence-electron chi connectivity index (χ2n) is 8.12. The molecule has 0 unspecified atom stereocenters. The van der Waals surface area contributed by atoms with Gasteiger partial charge in [-0.2, -0.15) is 0 Å². The van der Waals surface area contributed by atoms with Crippen molar-refractivity contribution in [2.24, 2.45) is 5.92 Å². The van der Waals surface area contributed by atoms with E-state index in [0.717, 1.165) is 51.7 Å². The third-order valence-electron chi connectivity index (χ3n) is 6.04. The Morgan fingerprint density at radius 2 is 1.88 bits per heavy atom. The summed E-state index contributed by atoms with van der Waals surface area (Å²) in [4.78, 5) is 17.1. The molecular formula is C21H33N3O2. The Labute approximate surface area is 157 Å². The lowest BCUT2D eigenvalue weighted by Gasteiger charge is -2.41. The molecule has 0 bridgehead atoms. The Morgan fingerprint density at radius 1 is 1.19 bits per heavy atom. The number of likely N-dealkylation sites (tertiary alicyclic amines) is 1. The standard InChI is InChI=1S/C21H33N3O2/c1-16-14-24(15-17-6-4-3-5-7-17)13-12-20(16)23(2)21(26)22-18-8-10-19(25)11-9-18/h3-7,16,18-20,25H,8-15H2,1-2H3,(H,22,26)/t16-,18?,19?,20-/m0/s1. The van der Waals surface area contributed by atoms with Gasteiger partial charge < -0.3 is 15.3 Å². The van der Waals surface area contributed by atoms with Crippen molar-refractivity contribution in [1.29, 1.82) is 0 Å². The predicted octanol–water partition coefficient (Wildman–Crippen LogP) is 2.84. The van der Waals surface area contributed by atoms with Crippen LogP contribution in [-0.2, 0) is 6.54 Å². The first-order valence-electron chi connectivity index (χ1n) is 10.0. The smallest absolute Gasteiger partial charge is 0.317 e. The number of nitrogens with zero attached hydrogens (tertiary/aromatic N) is 2. The molecule has 1 aromatic carbocycles. The van der Waals surface area contributed by atoms with Gasteiger partial charge in [-0.15, -0.1) is 0 Å². The number of rotatable bonds is 4. The molecule has 1 heterocycles. The molecule has 5 nitrogen and oxygen atoms in total. The predicted molar refractivity (Wildman–Crippen MR) is 104 cm³/mol. The Kier molecular flexibility index (Phi) is 6.54. The van der Waals surface area contributed by atoms with E-state index in [9.17, 15) is 9.90 Å². The SMILES string of the molecule is C[C@H]1CN(Cc2ccccc2)CC[C@@H]1N(C)C(=O)NC1CCC(O)CC1. The van der Waals surface area contributed by atoms with Crippen molar-refractivity contribution in [3.8, 4) is 0 Å². The summed E-state index contributed by atoms with van der Waals surface area (Å²) in [6.07, 6.45) is 4.18. The molecule has 5 heteroatoms. The highest BCUT2D eigenvalue weighted by atomic mass is 16.3. The van der Waals surface area contributed by atoms with Crippen molar-refractivity contribution < 1.29 is 9.90 Å². The fraction of sp³-hybridized carbons (Fsp3) is 0.667. The number of hydrogen-bond donors (Lipinski definition) is 2. The summed E-state index contributed by atoms with van der Waals surface area (Å²) >= 11 is 0. The lowest BCUT2D eigenvalue weighted by molar-refractivity contribution is 0.0841. The van der Waals surface area contributed by atoms with Crippen molar-refractivity contribution in [1.82, 2.24) is 15.1 Å². The van der Waals surface area contributed by atoms with Crippen LogP contribution >= 0.6 is 0 Å². The number of piperidine rings is 1. The average molecular weight is 360 g/mol. The van der Waals surface area contributed by atoms with Crippen LogP contribution < -0.4 is 5.32 Å². The van der Waals surface area contributed by atoms with Crippen molar-refractivity contribution >= 4 is 6.03 Å². The minimum atomic E-state index is -0.185. The molecule has 2 N–H and O–H groups in total. The maximum Gasteiger partial charge on any atom is 0.317 e. The van der Waals surface area contributed by atoms with Gasteiger partial charge in [-0.25, -0.2) is 4.79 Å². The number of carbonyl (C=O) groups is 1. The quantitative estimate of drug-likeness (QED) is 0.869. The minimum absolute atomic E-state index is 0.0414. The monoisotopic (exact) mass is 359 g/mol. The molecule has 1 saturated heterocycles. The van der Waals surface area contributed by atoms with Gasteiger partial charge in [0.25, 0.3) is 0 Å². The van der Waals surface area contributed by atoms with Crippen molar-refractivity contribution in [2.75, 3.05) is 20.1 Å². The number of urea groups is 1. The lowest BCUT2D eigenvalue weighted by Crippen LogP contribution is -2.54. The van der Waals surface area contributed by atoms with Gasteiger partial charge in [0, 0.05) is 38.8 Å². The number of hydrogen-bond acceptors (Lipinski definition) is 3. The summed E-state index contributed by atoms with van der Waals surface area (Å²) in [6.45, 7) is 5.28. The van der Waals surface area contributed by atoms with E-state index in [1.54, 1.807) is 0 Å². The first-order valence-corrected chi connectivity index (χ1v) is 10.0. The molecule has 2 atom stereocenters. The Morgan fingerprint density at radius 3 is 2.54 bits per heavy atom. The van der Waals surface area contributed by atoms with Crippen LogP contribution in [-0.4, -0.2) is 59.3 Å². The first kappa shape index (κ1) is 19.2. The van der Waals surface area contributed by atoms with E-state index in [4.69, 9.17) is 0 Å². The topological polar surface area (TPSA) is 55.8 Å². The number of aliphatic hydroxyl groups excluding tert-OH is 1. The van der Waals surface area contributed by atoms with E-state index in [1.807, 2.05) is 11.9 Å². The van der Waals surface area contributed by atoms with Crippen LogP contribution in [0.5, 0.6) is 0 Å². The van der Waals surface area contributed by atoms with Crippen LogP contribution in [0.4, 0.5) is 4.79 Å². The molecule has 2 fully saturated rings. The highest BCUT2D eigenvalue weighted by molar-refractivity contribution is 5.74. The summed E-state index contributed by atoms with van der Waals surface area (Å²) in [5.41, 5.74) is 1.35. The summed E-state index contributed by atoms with van der Waals surface area (Å²) in [6, 6.07) is 11.1. The van der Waals surface area contributed by atoms with Gasteiger partial charge in [0.1, 0.15) is 0 Å². The summed E-state index contributed by atoms with van der Waals surface area (Å²) in [5, 5.41) is 12.8. The molecule has 1 aromatic rings. The normalized spacial score (nSPS) is 30.0. The third kappa shape index (κ3) is 4.98. The number of nitrogens with one attached hydrogen (secondary N) is 1. The molecule has 1 aliphatic carbocycles. The Hall–Kier alpha value is -1.59. The average Bonchev–Trinajstić information content (AvgIpc) is 2.64. The van der Waals surface area contributed by atoms with E-state index in [2.05, 4.69) is 47.5 Å². The number of aliphatic hydroxyl groups is 1. The first-order chi connectivity index (χ1) is 12.5. The van der Waals surface area contributed by atoms with Gasteiger partial charge >= 0.3 is 6.03 Å². The second kappa shape index (κ2) is 8.87. The van der Waals surface area contributed by atoms with Crippen LogP contribution in [0.1, 0.15) is 44.6 Å². The lowest BCUT2D eigenvalue weighted by atomic mass is 9.92. The second-order valence-corrected chi connectivity index (χ2v) is 8.12. The van der Waals surface area contributed by atoms with E-state index in [-0.39, 0.29) is 24.2 Å². The molecule has 0 spiro atoms. The zero-order chi connectivity index (χ0) is 18.5. The molecule has 1 saturated carbocycles. The Balaban J connectivity index is 1.47. The zero-order valence-electron chi connectivity index (χ0n) is 16.1. The number of carbonyl (C=O) groups excluding carboxylic acids is 1. The van der Waals surface area contributed by atoms with Crippen molar-refractivity contribution in [3.05, 3.63) is 35.9 Å². The van der Waals surface area contributed by atoms with Crippen LogP contribution in [0, 0.1) is 5.92 Å². The molecule has 26 heavy (non-hydrogen) atoms. The van der Waals surface area contributed by atoms with Crippen LogP contribution in [0.25, 0.3) is 0 Å². The van der Waals surface area contributed by atoms with Gasteiger partial charge in [-0.1, -0.05) is 37.3 Å². The zero-order valence-corrected chi connectivity index (χ0v) is 16.1. The van der Waals surface area contributed by atoms with Gasteiger partial charge in [0.2, 0.25) is 0 Å². The molecule has 3 rings (SSSR count). The molecule has 2 amide bonds. The largest absolute Gasteiger partial charge is 0.393 e. The molecule has 1 aliphatic heterocycles. The number of benzene rings is 1. The van der Waals surface area contributed by atoms with Crippen LogP contribution in [0.3, 0.4) is 0 Å². The molecule has 0 aromatic heterocycles. The molecule has 0 radical (unpaired) electrons. The van der Waals surface area contributed by atoms with E-state index < -0.39 is 0 Å². The van der Waals surface area contributed by atoms with Gasteiger partial charge in [0.15, 0.2) is 0 Å². The maximum atomic E-state index is 12.6. The summed E-state index contributed by atoms with van der Waals surface area (Å²) in [7, 11) is 1.93. The maximum absolute atomic E-state index is 12.6. The van der Waals surface area contributed by atoms with Crippen molar-refractivity contribution in [2.45, 2.75) is 63.8 Å². The molecular weight excluding hydrogens is 326 g/mol. The fourth-order valence-electron chi connectivity index (χ4n) is 4.43. The van der Waals surface area contributed by atoms with Gasteiger partial charge in [-0.05, 0) is 43.6 Å². The highest BCUT2D eigenvalue weighted by Crippen LogP contribution is 2.24. The summed E-state index contributed by atoms with van der Waals surface area (Å²) < 4.78 is 0. The summed E-state index contributed by atoms with van der Waals surface area (Å²) in [5.74, 6) is 0.455. The van der Waals surface area contributed by atoms with Crippen LogP contribution in [0.2, 0.25) is 0 Å². The highest BCUT2D eigenvalue weighted by Gasteiger charge is 2.32.